The van der Waals surface area contributed by atoms with Crippen molar-refractivity contribution in [1.29, 1.82) is 0 Å². The van der Waals surface area contributed by atoms with E-state index in [1.54, 1.807) is 6.20 Å². The molecule has 1 N–H and O–H groups in total. The molecule has 2 unspecified atom stereocenters. The van der Waals surface area contributed by atoms with Crippen molar-refractivity contribution in [1.82, 2.24) is 19.7 Å². The van der Waals surface area contributed by atoms with E-state index in [9.17, 15) is 9.59 Å². The molecule has 0 aromatic carbocycles. The Hall–Kier alpha value is -1.51. The van der Waals surface area contributed by atoms with Gasteiger partial charge in [0.1, 0.15) is 0 Å². The molecule has 2 aliphatic rings. The Labute approximate surface area is 159 Å². The van der Waals surface area contributed by atoms with Crippen molar-refractivity contribution < 1.29 is 9.59 Å². The van der Waals surface area contributed by atoms with E-state index in [1.807, 2.05) is 17.2 Å². The summed E-state index contributed by atoms with van der Waals surface area (Å²) in [5.41, 5.74) is 0. The summed E-state index contributed by atoms with van der Waals surface area (Å²) in [6, 6.07) is 0.172. The van der Waals surface area contributed by atoms with Crippen LogP contribution in [0.2, 0.25) is 0 Å². The molecule has 0 aliphatic carbocycles. The highest BCUT2D eigenvalue weighted by Crippen LogP contribution is 2.17. The molecule has 0 saturated carbocycles. The fourth-order valence-corrected chi connectivity index (χ4v) is 4.25. The quantitative estimate of drug-likeness (QED) is 0.839. The number of carbonyl (C=O) groups excluding carboxylic acids is 2. The molecule has 26 heavy (non-hydrogen) atoms. The van der Waals surface area contributed by atoms with E-state index in [2.05, 4.69) is 27.0 Å². The first-order valence-electron chi connectivity index (χ1n) is 9.51. The topological polar surface area (TPSA) is 68.8 Å². The highest BCUT2D eigenvalue weighted by atomic mass is 32.1. The first-order valence-corrected chi connectivity index (χ1v) is 10.4. The highest BCUT2D eigenvalue weighted by molar-refractivity contribution is 7.13. The van der Waals surface area contributed by atoms with Gasteiger partial charge in [-0.05, 0) is 33.1 Å². The second-order valence-electron chi connectivity index (χ2n) is 7.25. The largest absolute Gasteiger partial charge is 0.339 e. The molecule has 1 aromatic heterocycles. The van der Waals surface area contributed by atoms with Gasteiger partial charge in [0.05, 0.1) is 12.6 Å². The van der Waals surface area contributed by atoms with Crippen molar-refractivity contribution in [3.8, 4) is 0 Å². The molecule has 144 valence electrons. The van der Waals surface area contributed by atoms with Crippen LogP contribution < -0.4 is 5.32 Å². The first kappa shape index (κ1) is 19.3. The van der Waals surface area contributed by atoms with E-state index in [-0.39, 0.29) is 17.9 Å². The van der Waals surface area contributed by atoms with Crippen LogP contribution in [0, 0.1) is 0 Å². The van der Waals surface area contributed by atoms with Gasteiger partial charge in [0.25, 0.3) is 0 Å². The van der Waals surface area contributed by atoms with Gasteiger partial charge >= 0.3 is 0 Å². The van der Waals surface area contributed by atoms with Crippen LogP contribution in [0.3, 0.4) is 0 Å². The number of aromatic nitrogens is 1. The van der Waals surface area contributed by atoms with Gasteiger partial charge in [0, 0.05) is 50.3 Å². The van der Waals surface area contributed by atoms with Gasteiger partial charge in [-0.2, -0.15) is 0 Å². The summed E-state index contributed by atoms with van der Waals surface area (Å²) in [6.07, 6.45) is 5.15. The molecule has 0 spiro atoms. The summed E-state index contributed by atoms with van der Waals surface area (Å²) in [5.74, 6) is 0.229. The highest BCUT2D eigenvalue weighted by Gasteiger charge is 2.29. The molecule has 2 atom stereocenters. The van der Waals surface area contributed by atoms with Crippen molar-refractivity contribution >= 4 is 28.3 Å². The Morgan fingerprint density at radius 2 is 2.04 bits per heavy atom. The van der Waals surface area contributed by atoms with Gasteiger partial charge in [-0.25, -0.2) is 4.98 Å². The lowest BCUT2D eigenvalue weighted by Crippen LogP contribution is -2.55. The van der Waals surface area contributed by atoms with E-state index in [1.165, 1.54) is 17.8 Å². The molecule has 3 heterocycles. The van der Waals surface area contributed by atoms with Gasteiger partial charge in [-0.15, -0.1) is 11.3 Å². The second kappa shape index (κ2) is 8.92. The third kappa shape index (κ3) is 4.81. The van der Waals surface area contributed by atoms with Gasteiger partial charge in [-0.3, -0.25) is 19.4 Å². The normalized spacial score (nSPS) is 23.6. The predicted octanol–water partition coefficient (Wildman–Crippen LogP) is 1.49. The van der Waals surface area contributed by atoms with Crippen LogP contribution in [0.1, 0.15) is 33.1 Å². The average Bonchev–Trinajstić information content (AvgIpc) is 3.15. The number of anilines is 1. The van der Waals surface area contributed by atoms with E-state index in [4.69, 9.17) is 0 Å². The van der Waals surface area contributed by atoms with Crippen LogP contribution in [-0.2, 0) is 9.59 Å². The molecule has 0 radical (unpaired) electrons. The number of hydrogen-bond acceptors (Lipinski definition) is 6. The van der Waals surface area contributed by atoms with Crippen molar-refractivity contribution in [2.75, 3.05) is 44.6 Å². The van der Waals surface area contributed by atoms with E-state index < -0.39 is 0 Å². The zero-order valence-corrected chi connectivity index (χ0v) is 16.5. The average molecular weight is 380 g/mol. The number of likely N-dealkylation sites (tertiary alicyclic amines) is 1. The van der Waals surface area contributed by atoms with Gasteiger partial charge in [0.2, 0.25) is 11.8 Å². The summed E-state index contributed by atoms with van der Waals surface area (Å²) in [7, 11) is 0. The molecular weight excluding hydrogens is 350 g/mol. The Kier molecular flexibility index (Phi) is 6.61. The lowest BCUT2D eigenvalue weighted by atomic mass is 10.0. The van der Waals surface area contributed by atoms with E-state index in [0.29, 0.717) is 17.7 Å². The van der Waals surface area contributed by atoms with Crippen LogP contribution in [0.5, 0.6) is 0 Å². The van der Waals surface area contributed by atoms with Crippen molar-refractivity contribution in [2.45, 2.75) is 45.2 Å². The maximum Gasteiger partial charge on any atom is 0.243 e. The lowest BCUT2D eigenvalue weighted by Gasteiger charge is -2.39. The summed E-state index contributed by atoms with van der Waals surface area (Å²) >= 11 is 1.42. The maximum atomic E-state index is 12.6. The summed E-state index contributed by atoms with van der Waals surface area (Å²) in [4.78, 5) is 35.5. The van der Waals surface area contributed by atoms with Gasteiger partial charge in [-0.1, -0.05) is 0 Å². The zero-order chi connectivity index (χ0) is 18.5. The number of amides is 2. The van der Waals surface area contributed by atoms with Gasteiger partial charge in [0.15, 0.2) is 5.13 Å². The van der Waals surface area contributed by atoms with Crippen LogP contribution in [0.25, 0.3) is 0 Å². The molecule has 2 fully saturated rings. The molecule has 2 amide bonds. The third-order valence-electron chi connectivity index (χ3n) is 5.48. The lowest BCUT2D eigenvalue weighted by molar-refractivity contribution is -0.136. The monoisotopic (exact) mass is 379 g/mol. The fourth-order valence-electron chi connectivity index (χ4n) is 3.72. The first-order chi connectivity index (χ1) is 12.5. The van der Waals surface area contributed by atoms with Crippen LogP contribution >= 0.6 is 11.3 Å². The van der Waals surface area contributed by atoms with Crippen molar-refractivity contribution in [2.24, 2.45) is 0 Å². The molecule has 2 saturated heterocycles. The van der Waals surface area contributed by atoms with Crippen molar-refractivity contribution in [3.63, 3.8) is 0 Å². The standard InChI is InChI=1S/C18H29N5O2S/c1-14-5-3-4-7-23(14)16(24)13-21-8-10-22(11-9-21)15(2)17(25)20-18-19-6-12-26-18/h6,12,14-15H,3-5,7-11,13H2,1-2H3,(H,19,20,25). The Balaban J connectivity index is 1.43. The van der Waals surface area contributed by atoms with Crippen molar-refractivity contribution in [3.05, 3.63) is 11.6 Å². The number of carbonyl (C=O) groups is 2. The third-order valence-corrected chi connectivity index (χ3v) is 6.17. The number of nitrogens with zero attached hydrogens (tertiary/aromatic N) is 4. The maximum absolute atomic E-state index is 12.6. The summed E-state index contributed by atoms with van der Waals surface area (Å²) in [5, 5.41) is 5.35. The zero-order valence-electron chi connectivity index (χ0n) is 15.7. The smallest absolute Gasteiger partial charge is 0.243 e. The van der Waals surface area contributed by atoms with Gasteiger partial charge < -0.3 is 10.2 Å². The molecule has 7 nitrogen and oxygen atoms in total. The number of rotatable bonds is 5. The van der Waals surface area contributed by atoms with Crippen LogP contribution in [0.15, 0.2) is 11.6 Å². The van der Waals surface area contributed by atoms with Crippen LogP contribution in [-0.4, -0.2) is 82.9 Å². The molecule has 0 bridgehead atoms. The molecule has 1 aromatic rings. The molecule has 2 aliphatic heterocycles. The SMILES string of the molecule is CC(C(=O)Nc1nccs1)N1CCN(CC(=O)N2CCCCC2C)CC1. The number of hydrogen-bond donors (Lipinski definition) is 1. The Morgan fingerprint density at radius 1 is 1.27 bits per heavy atom. The second-order valence-corrected chi connectivity index (χ2v) is 8.14. The summed E-state index contributed by atoms with van der Waals surface area (Å²) < 4.78 is 0. The van der Waals surface area contributed by atoms with Crippen LogP contribution in [0.4, 0.5) is 5.13 Å². The minimum absolute atomic E-state index is 0.0217. The Morgan fingerprint density at radius 3 is 2.69 bits per heavy atom. The molecule has 8 heteroatoms. The number of piperazine rings is 1. The summed E-state index contributed by atoms with van der Waals surface area (Å²) in [6.45, 7) is 8.72. The number of nitrogens with one attached hydrogen (secondary N) is 1. The predicted molar refractivity (Wildman–Crippen MR) is 103 cm³/mol. The molecular formula is C18H29N5O2S. The van der Waals surface area contributed by atoms with E-state index in [0.717, 1.165) is 45.6 Å². The fraction of sp³-hybridized carbons (Fsp3) is 0.722. The van der Waals surface area contributed by atoms with E-state index >= 15 is 0 Å². The minimum Gasteiger partial charge on any atom is -0.339 e. The molecule has 3 rings (SSSR count). The minimum atomic E-state index is -0.195. The number of piperidine rings is 1. The number of thiazole rings is 1. The Bertz CT molecular complexity index is 601.